The summed E-state index contributed by atoms with van der Waals surface area (Å²) in [7, 11) is 1.79. The van der Waals surface area contributed by atoms with Crippen LogP contribution in [0.1, 0.15) is 58.5 Å². The van der Waals surface area contributed by atoms with E-state index in [1.165, 1.54) is 0 Å². The second-order valence-electron chi connectivity index (χ2n) is 8.31. The van der Waals surface area contributed by atoms with E-state index in [0.29, 0.717) is 43.2 Å². The SMILES string of the molecule is Cc1cccc(C(=O)N2CCCC2c2noc(CCC(=O)N(C)Cc3ccccc3)n2)c1. The molecule has 2 amide bonds. The van der Waals surface area contributed by atoms with Gasteiger partial charge < -0.3 is 14.3 Å². The van der Waals surface area contributed by atoms with Gasteiger partial charge in [0, 0.05) is 38.5 Å². The molecular weight excluding hydrogens is 404 g/mol. The molecule has 32 heavy (non-hydrogen) atoms. The summed E-state index contributed by atoms with van der Waals surface area (Å²) in [5.74, 6) is 0.950. The second kappa shape index (κ2) is 9.77. The molecule has 1 aliphatic rings. The number of amides is 2. The lowest BCUT2D eigenvalue weighted by Crippen LogP contribution is -2.31. The predicted octanol–water partition coefficient (Wildman–Crippen LogP) is 3.95. The normalized spacial score (nSPS) is 15.7. The monoisotopic (exact) mass is 432 g/mol. The molecular formula is C25H28N4O3. The summed E-state index contributed by atoms with van der Waals surface area (Å²) < 4.78 is 5.41. The Hall–Kier alpha value is -3.48. The first-order chi connectivity index (χ1) is 15.5. The smallest absolute Gasteiger partial charge is 0.254 e. The average Bonchev–Trinajstić information content (AvgIpc) is 3.47. The quantitative estimate of drug-likeness (QED) is 0.565. The molecule has 3 aromatic rings. The minimum atomic E-state index is -0.197. The van der Waals surface area contributed by atoms with Gasteiger partial charge in [0.25, 0.3) is 5.91 Å². The number of aryl methyl sites for hydroxylation is 2. The van der Waals surface area contributed by atoms with Gasteiger partial charge in [-0.2, -0.15) is 4.98 Å². The zero-order valence-corrected chi connectivity index (χ0v) is 18.5. The van der Waals surface area contributed by atoms with Crippen molar-refractivity contribution in [3.8, 4) is 0 Å². The molecule has 0 bridgehead atoms. The molecule has 7 heteroatoms. The maximum Gasteiger partial charge on any atom is 0.254 e. The van der Waals surface area contributed by atoms with Crippen LogP contribution >= 0.6 is 0 Å². The van der Waals surface area contributed by atoms with E-state index >= 15 is 0 Å². The van der Waals surface area contributed by atoms with Crippen LogP contribution in [0.15, 0.2) is 59.1 Å². The van der Waals surface area contributed by atoms with E-state index < -0.39 is 0 Å². The number of rotatable bonds is 7. The van der Waals surface area contributed by atoms with Gasteiger partial charge in [0.2, 0.25) is 11.8 Å². The molecule has 1 atom stereocenters. The van der Waals surface area contributed by atoms with Crippen LogP contribution in [0.3, 0.4) is 0 Å². The molecule has 4 rings (SSSR count). The fourth-order valence-electron chi connectivity index (χ4n) is 4.08. The summed E-state index contributed by atoms with van der Waals surface area (Å²) in [5, 5.41) is 4.13. The van der Waals surface area contributed by atoms with Crippen LogP contribution in [-0.4, -0.2) is 45.3 Å². The third-order valence-electron chi connectivity index (χ3n) is 5.80. The Morgan fingerprint density at radius 1 is 1.16 bits per heavy atom. The van der Waals surface area contributed by atoms with Gasteiger partial charge in [0.15, 0.2) is 5.82 Å². The summed E-state index contributed by atoms with van der Waals surface area (Å²) in [4.78, 5) is 33.5. The van der Waals surface area contributed by atoms with Crippen LogP contribution in [0, 0.1) is 6.92 Å². The largest absolute Gasteiger partial charge is 0.341 e. The minimum Gasteiger partial charge on any atom is -0.341 e. The van der Waals surface area contributed by atoms with E-state index in [9.17, 15) is 9.59 Å². The van der Waals surface area contributed by atoms with Crippen molar-refractivity contribution in [3.63, 3.8) is 0 Å². The fourth-order valence-corrected chi connectivity index (χ4v) is 4.08. The molecule has 1 saturated heterocycles. The number of hydrogen-bond donors (Lipinski definition) is 0. The van der Waals surface area contributed by atoms with Gasteiger partial charge in [-0.25, -0.2) is 0 Å². The van der Waals surface area contributed by atoms with Crippen LogP contribution in [0.2, 0.25) is 0 Å². The number of hydrogen-bond acceptors (Lipinski definition) is 5. The number of carbonyl (C=O) groups excluding carboxylic acids is 2. The Balaban J connectivity index is 1.35. The van der Waals surface area contributed by atoms with E-state index in [1.54, 1.807) is 11.9 Å². The van der Waals surface area contributed by atoms with Crippen LogP contribution in [0.4, 0.5) is 0 Å². The van der Waals surface area contributed by atoms with Gasteiger partial charge in [-0.1, -0.05) is 53.2 Å². The number of benzene rings is 2. The molecule has 0 N–H and O–H groups in total. The maximum atomic E-state index is 13.0. The van der Waals surface area contributed by atoms with Crippen LogP contribution in [-0.2, 0) is 17.8 Å². The highest BCUT2D eigenvalue weighted by molar-refractivity contribution is 5.94. The average molecular weight is 433 g/mol. The van der Waals surface area contributed by atoms with Crippen molar-refractivity contribution in [1.29, 1.82) is 0 Å². The van der Waals surface area contributed by atoms with E-state index in [2.05, 4.69) is 10.1 Å². The van der Waals surface area contributed by atoms with Crippen molar-refractivity contribution in [1.82, 2.24) is 19.9 Å². The fraction of sp³-hybridized carbons (Fsp3) is 0.360. The zero-order chi connectivity index (χ0) is 22.5. The van der Waals surface area contributed by atoms with Crippen molar-refractivity contribution >= 4 is 11.8 Å². The van der Waals surface area contributed by atoms with Crippen LogP contribution in [0.25, 0.3) is 0 Å². The van der Waals surface area contributed by atoms with Gasteiger partial charge in [-0.05, 0) is 37.5 Å². The molecule has 2 heterocycles. The van der Waals surface area contributed by atoms with E-state index in [4.69, 9.17) is 4.52 Å². The Morgan fingerprint density at radius 3 is 2.75 bits per heavy atom. The van der Waals surface area contributed by atoms with E-state index in [0.717, 1.165) is 24.0 Å². The van der Waals surface area contributed by atoms with Gasteiger partial charge in [-0.15, -0.1) is 0 Å². The Bertz CT molecular complexity index is 1080. The van der Waals surface area contributed by atoms with Crippen LogP contribution < -0.4 is 0 Å². The highest BCUT2D eigenvalue weighted by atomic mass is 16.5. The summed E-state index contributed by atoms with van der Waals surface area (Å²) in [5.41, 5.74) is 2.81. The number of likely N-dealkylation sites (tertiary alicyclic amines) is 1. The van der Waals surface area contributed by atoms with Crippen LogP contribution in [0.5, 0.6) is 0 Å². The predicted molar refractivity (Wildman–Crippen MR) is 120 cm³/mol. The van der Waals surface area contributed by atoms with E-state index in [-0.39, 0.29) is 17.9 Å². The highest BCUT2D eigenvalue weighted by Crippen LogP contribution is 2.31. The Morgan fingerprint density at radius 2 is 1.97 bits per heavy atom. The number of carbonyl (C=O) groups is 2. The molecule has 0 spiro atoms. The summed E-state index contributed by atoms with van der Waals surface area (Å²) in [6.45, 7) is 3.21. The minimum absolute atomic E-state index is 0.0136. The summed E-state index contributed by atoms with van der Waals surface area (Å²) in [6.07, 6.45) is 2.37. The highest BCUT2D eigenvalue weighted by Gasteiger charge is 2.34. The van der Waals surface area contributed by atoms with Crippen molar-refractivity contribution in [2.45, 2.75) is 45.2 Å². The topological polar surface area (TPSA) is 79.5 Å². The molecule has 0 saturated carbocycles. The van der Waals surface area contributed by atoms with Gasteiger partial charge in [-0.3, -0.25) is 9.59 Å². The zero-order valence-electron chi connectivity index (χ0n) is 18.5. The molecule has 166 valence electrons. The Kier molecular flexibility index (Phi) is 6.63. The summed E-state index contributed by atoms with van der Waals surface area (Å²) >= 11 is 0. The van der Waals surface area contributed by atoms with Crippen molar-refractivity contribution < 1.29 is 14.1 Å². The van der Waals surface area contributed by atoms with Crippen molar-refractivity contribution in [3.05, 3.63) is 83.0 Å². The maximum absolute atomic E-state index is 13.0. The molecule has 1 fully saturated rings. The lowest BCUT2D eigenvalue weighted by atomic mass is 10.1. The lowest BCUT2D eigenvalue weighted by molar-refractivity contribution is -0.130. The third-order valence-corrected chi connectivity index (χ3v) is 5.80. The van der Waals surface area contributed by atoms with Crippen molar-refractivity contribution in [2.24, 2.45) is 0 Å². The van der Waals surface area contributed by atoms with Gasteiger partial charge >= 0.3 is 0 Å². The number of nitrogens with zero attached hydrogens (tertiary/aromatic N) is 4. The third kappa shape index (κ3) is 5.04. The van der Waals surface area contributed by atoms with E-state index in [1.807, 2.05) is 66.4 Å². The van der Waals surface area contributed by atoms with Gasteiger partial charge in [0.1, 0.15) is 0 Å². The van der Waals surface area contributed by atoms with Crippen molar-refractivity contribution in [2.75, 3.05) is 13.6 Å². The standard InChI is InChI=1S/C25H28N4O3/c1-18-8-6-11-20(16-18)25(31)29-15-7-12-21(29)24-26-22(32-27-24)13-14-23(30)28(2)17-19-9-4-3-5-10-19/h3-6,8-11,16,21H,7,12-15,17H2,1-2H3. The molecule has 1 aliphatic heterocycles. The molecule has 0 radical (unpaired) electrons. The molecule has 1 aromatic heterocycles. The molecule has 7 nitrogen and oxygen atoms in total. The first-order valence-corrected chi connectivity index (χ1v) is 11.0. The first kappa shape index (κ1) is 21.7. The van der Waals surface area contributed by atoms with Gasteiger partial charge in [0.05, 0.1) is 6.04 Å². The first-order valence-electron chi connectivity index (χ1n) is 11.0. The summed E-state index contributed by atoms with van der Waals surface area (Å²) in [6, 6.07) is 17.3. The molecule has 0 aliphatic carbocycles. The second-order valence-corrected chi connectivity index (χ2v) is 8.31. The lowest BCUT2D eigenvalue weighted by Gasteiger charge is -2.22. The molecule has 2 aromatic carbocycles. The molecule has 1 unspecified atom stereocenters. The number of aromatic nitrogens is 2. The Labute approximate surface area is 188 Å².